The number of hydrogen-bond donors (Lipinski definition) is 0. The summed E-state index contributed by atoms with van der Waals surface area (Å²) < 4.78 is 15.5. The number of ether oxygens (including phenoxy) is 3. The third-order valence-electron chi connectivity index (χ3n) is 2.54. The van der Waals surface area contributed by atoms with Crippen LogP contribution in [0, 0.1) is 0 Å². The van der Waals surface area contributed by atoms with Gasteiger partial charge in [-0.05, 0) is 12.1 Å². The summed E-state index contributed by atoms with van der Waals surface area (Å²) in [4.78, 5) is 11.2. The van der Waals surface area contributed by atoms with Crippen LogP contribution in [0.15, 0.2) is 28.3 Å². The van der Waals surface area contributed by atoms with Gasteiger partial charge in [0.15, 0.2) is 17.6 Å². The normalized spacial score (nSPS) is 22.0. The third kappa shape index (κ3) is 1.64. The van der Waals surface area contributed by atoms with E-state index in [1.54, 1.807) is 18.2 Å². The summed E-state index contributed by atoms with van der Waals surface area (Å²) in [6.07, 6.45) is -0.661. The van der Waals surface area contributed by atoms with Crippen molar-refractivity contribution in [3.63, 3.8) is 0 Å². The zero-order valence-electron chi connectivity index (χ0n) is 8.41. The number of carbonyl (C=O) groups is 1. The molecule has 0 spiro atoms. The lowest BCUT2D eigenvalue weighted by Gasteiger charge is -2.10. The van der Waals surface area contributed by atoms with E-state index in [4.69, 9.17) is 37.4 Å². The highest BCUT2D eigenvalue weighted by atomic mass is 35.5. The molecule has 0 aliphatic carbocycles. The van der Waals surface area contributed by atoms with Gasteiger partial charge in [0.05, 0.1) is 5.03 Å². The summed E-state index contributed by atoms with van der Waals surface area (Å²) in [5, 5.41) is 0.116. The minimum atomic E-state index is -0.661. The van der Waals surface area contributed by atoms with Gasteiger partial charge in [-0.25, -0.2) is 4.79 Å². The molecule has 2 aliphatic rings. The van der Waals surface area contributed by atoms with E-state index >= 15 is 0 Å². The first-order valence-corrected chi connectivity index (χ1v) is 5.58. The highest BCUT2D eigenvalue weighted by Crippen LogP contribution is 2.42. The van der Waals surface area contributed by atoms with E-state index in [0.29, 0.717) is 17.1 Å². The molecule has 1 aromatic rings. The van der Waals surface area contributed by atoms with Gasteiger partial charge >= 0.3 is 5.97 Å². The Morgan fingerprint density at radius 1 is 1.18 bits per heavy atom. The molecule has 1 atom stereocenters. The van der Waals surface area contributed by atoms with Crippen LogP contribution >= 0.6 is 23.2 Å². The second kappa shape index (κ2) is 3.82. The van der Waals surface area contributed by atoms with Crippen LogP contribution in [0.2, 0.25) is 0 Å². The average Bonchev–Trinajstić information content (AvgIpc) is 2.89. The number of cyclic esters (lactones) is 1. The molecule has 0 aromatic heterocycles. The van der Waals surface area contributed by atoms with Gasteiger partial charge in [-0.15, -0.1) is 0 Å². The van der Waals surface area contributed by atoms with Crippen LogP contribution < -0.4 is 9.47 Å². The van der Waals surface area contributed by atoms with Crippen molar-refractivity contribution in [3.8, 4) is 11.5 Å². The van der Waals surface area contributed by atoms with E-state index in [2.05, 4.69) is 0 Å². The highest BCUT2D eigenvalue weighted by Gasteiger charge is 2.34. The van der Waals surface area contributed by atoms with E-state index in [1.165, 1.54) is 0 Å². The quantitative estimate of drug-likeness (QED) is 0.738. The van der Waals surface area contributed by atoms with Gasteiger partial charge in [0.2, 0.25) is 6.79 Å². The largest absolute Gasteiger partial charge is 0.454 e. The SMILES string of the molecule is O=C1OC(c2ccc3c(c2)OCO3)C(Cl)=C1Cl. The third-order valence-corrected chi connectivity index (χ3v) is 3.39. The van der Waals surface area contributed by atoms with Gasteiger partial charge in [-0.3, -0.25) is 0 Å². The van der Waals surface area contributed by atoms with E-state index in [0.717, 1.165) is 0 Å². The minimum absolute atomic E-state index is 0.0747. The van der Waals surface area contributed by atoms with Crippen molar-refractivity contribution in [2.45, 2.75) is 6.10 Å². The van der Waals surface area contributed by atoms with Gasteiger partial charge in [0.25, 0.3) is 0 Å². The maximum atomic E-state index is 11.2. The van der Waals surface area contributed by atoms with Crippen molar-refractivity contribution in [1.82, 2.24) is 0 Å². The Bertz CT molecular complexity index is 538. The molecule has 88 valence electrons. The van der Waals surface area contributed by atoms with Crippen molar-refractivity contribution in [3.05, 3.63) is 33.8 Å². The average molecular weight is 273 g/mol. The smallest absolute Gasteiger partial charge is 0.352 e. The van der Waals surface area contributed by atoms with Crippen molar-refractivity contribution >= 4 is 29.2 Å². The van der Waals surface area contributed by atoms with Crippen molar-refractivity contribution in [1.29, 1.82) is 0 Å². The van der Waals surface area contributed by atoms with Crippen LogP contribution in [0.3, 0.4) is 0 Å². The van der Waals surface area contributed by atoms with Crippen LogP contribution in [0.1, 0.15) is 11.7 Å². The van der Waals surface area contributed by atoms with E-state index in [-0.39, 0.29) is 16.9 Å². The molecule has 6 heteroatoms. The molecule has 3 rings (SSSR count). The number of rotatable bonds is 1. The molecule has 2 aliphatic heterocycles. The lowest BCUT2D eigenvalue weighted by atomic mass is 10.1. The zero-order valence-corrected chi connectivity index (χ0v) is 9.92. The van der Waals surface area contributed by atoms with Crippen LogP contribution in [0.5, 0.6) is 11.5 Å². The molecular weight excluding hydrogens is 267 g/mol. The summed E-state index contributed by atoms with van der Waals surface area (Å²) >= 11 is 11.6. The second-order valence-corrected chi connectivity index (χ2v) is 4.35. The van der Waals surface area contributed by atoms with Gasteiger partial charge < -0.3 is 14.2 Å². The zero-order chi connectivity index (χ0) is 12.0. The Labute approximate surface area is 107 Å². The first-order valence-electron chi connectivity index (χ1n) is 4.82. The topological polar surface area (TPSA) is 44.8 Å². The Kier molecular flexibility index (Phi) is 2.42. The monoisotopic (exact) mass is 272 g/mol. The van der Waals surface area contributed by atoms with Crippen LogP contribution in [0.25, 0.3) is 0 Å². The molecule has 0 saturated carbocycles. The molecule has 17 heavy (non-hydrogen) atoms. The molecule has 0 amide bonds. The van der Waals surface area contributed by atoms with Gasteiger partial charge in [-0.2, -0.15) is 0 Å². The fraction of sp³-hybridized carbons (Fsp3) is 0.182. The van der Waals surface area contributed by atoms with Crippen LogP contribution in [0.4, 0.5) is 0 Å². The highest BCUT2D eigenvalue weighted by molar-refractivity contribution is 6.48. The summed E-state index contributed by atoms with van der Waals surface area (Å²) in [6.45, 7) is 0.188. The molecule has 4 nitrogen and oxygen atoms in total. The molecule has 0 saturated heterocycles. The first-order chi connectivity index (χ1) is 8.16. The summed E-state index contributed by atoms with van der Waals surface area (Å²) in [5.41, 5.74) is 0.697. The standard InChI is InChI=1S/C11H6Cl2O4/c12-8-9(13)11(14)17-10(8)5-1-2-6-7(3-5)16-4-15-6/h1-3,10H,4H2. The Morgan fingerprint density at radius 3 is 2.65 bits per heavy atom. The second-order valence-electron chi connectivity index (χ2n) is 3.56. The van der Waals surface area contributed by atoms with Gasteiger partial charge in [0.1, 0.15) is 5.03 Å². The number of hydrogen-bond acceptors (Lipinski definition) is 4. The Hall–Kier alpha value is -1.39. The van der Waals surface area contributed by atoms with Crippen LogP contribution in [-0.4, -0.2) is 12.8 Å². The first kappa shape index (κ1) is 10.7. The van der Waals surface area contributed by atoms with Crippen molar-refractivity contribution < 1.29 is 19.0 Å². The lowest BCUT2D eigenvalue weighted by Crippen LogP contribution is -2.01. The van der Waals surface area contributed by atoms with E-state index in [9.17, 15) is 4.79 Å². The predicted octanol–water partition coefficient (Wildman–Crippen LogP) is 2.70. The minimum Gasteiger partial charge on any atom is -0.454 e. The number of carbonyl (C=O) groups excluding carboxylic acids is 1. The van der Waals surface area contributed by atoms with E-state index < -0.39 is 12.1 Å². The fourth-order valence-electron chi connectivity index (χ4n) is 1.71. The van der Waals surface area contributed by atoms with Crippen molar-refractivity contribution in [2.75, 3.05) is 6.79 Å². The molecule has 2 heterocycles. The fourth-order valence-corrected chi connectivity index (χ4v) is 2.11. The summed E-state index contributed by atoms with van der Waals surface area (Å²) in [5.74, 6) is 0.648. The molecule has 1 unspecified atom stereocenters. The lowest BCUT2D eigenvalue weighted by molar-refractivity contribution is -0.139. The molecule has 0 N–H and O–H groups in total. The Balaban J connectivity index is 1.99. The number of esters is 1. The summed E-state index contributed by atoms with van der Waals surface area (Å²) in [6, 6.07) is 5.21. The predicted molar refractivity (Wildman–Crippen MR) is 60.1 cm³/mol. The van der Waals surface area contributed by atoms with Crippen molar-refractivity contribution in [2.24, 2.45) is 0 Å². The van der Waals surface area contributed by atoms with Crippen LogP contribution in [-0.2, 0) is 9.53 Å². The maximum Gasteiger partial charge on any atom is 0.352 e. The van der Waals surface area contributed by atoms with Gasteiger partial charge in [-0.1, -0.05) is 29.3 Å². The molecular formula is C11H6Cl2O4. The molecule has 1 aromatic carbocycles. The number of halogens is 2. The maximum absolute atomic E-state index is 11.2. The van der Waals surface area contributed by atoms with E-state index in [1.807, 2.05) is 0 Å². The number of benzene rings is 1. The molecule has 0 bridgehead atoms. The molecule has 0 radical (unpaired) electrons. The summed E-state index contributed by atoms with van der Waals surface area (Å²) in [7, 11) is 0. The molecule has 0 fully saturated rings. The number of fused-ring (bicyclic) bond motifs is 1. The Morgan fingerprint density at radius 2 is 1.94 bits per heavy atom. The van der Waals surface area contributed by atoms with Gasteiger partial charge in [0, 0.05) is 5.56 Å².